The van der Waals surface area contributed by atoms with Gasteiger partial charge in [0, 0.05) is 47.9 Å². The highest BCUT2D eigenvalue weighted by Gasteiger charge is 2.34. The summed E-state index contributed by atoms with van der Waals surface area (Å²) in [5.74, 6) is 1.11. The topological polar surface area (TPSA) is 145 Å². The number of anilines is 3. The highest BCUT2D eigenvalue weighted by Crippen LogP contribution is 2.33. The third-order valence-corrected chi connectivity index (χ3v) is 7.43. The second-order valence-electron chi connectivity index (χ2n) is 13.9. The number of amides is 3. The average molecular weight is 643 g/mol. The van der Waals surface area contributed by atoms with E-state index < -0.39 is 23.4 Å². The Balaban J connectivity index is 1.44. The van der Waals surface area contributed by atoms with Crippen molar-refractivity contribution in [1.82, 2.24) is 29.9 Å². The zero-order chi connectivity index (χ0) is 34.3. The Hall–Kier alpha value is -5.07. The Bertz CT molecular complexity index is 1810. The van der Waals surface area contributed by atoms with Gasteiger partial charge in [-0.15, -0.1) is 10.2 Å². The number of hydrogen-bond acceptors (Lipinski definition) is 10. The molecule has 1 aromatic carbocycles. The zero-order valence-corrected chi connectivity index (χ0v) is 28.4. The van der Waals surface area contributed by atoms with E-state index in [1.54, 1.807) is 52.4 Å². The molecule has 0 fully saturated rings. The van der Waals surface area contributed by atoms with Crippen LogP contribution in [0.25, 0.3) is 22.0 Å². The zero-order valence-electron chi connectivity index (χ0n) is 28.4. The highest BCUT2D eigenvalue weighted by atomic mass is 16.6. The van der Waals surface area contributed by atoms with Crippen molar-refractivity contribution in [2.24, 2.45) is 0 Å². The normalized spacial score (nSPS) is 13.7. The van der Waals surface area contributed by atoms with Crippen LogP contribution in [0.5, 0.6) is 0 Å². The lowest BCUT2D eigenvalue weighted by Gasteiger charge is -2.29. The van der Waals surface area contributed by atoms with Crippen LogP contribution in [0, 0.1) is 6.92 Å². The van der Waals surface area contributed by atoms with Crippen molar-refractivity contribution in [2.75, 3.05) is 16.8 Å². The van der Waals surface area contributed by atoms with Crippen LogP contribution in [0.15, 0.2) is 42.7 Å². The second-order valence-corrected chi connectivity index (χ2v) is 13.9. The molecule has 1 aliphatic heterocycles. The molecule has 13 heteroatoms. The maximum atomic E-state index is 13.3. The number of fused-ring (bicyclic) bond motifs is 2. The van der Waals surface area contributed by atoms with E-state index in [2.05, 4.69) is 25.6 Å². The molecule has 248 valence electrons. The number of benzene rings is 1. The fourth-order valence-corrected chi connectivity index (χ4v) is 5.30. The summed E-state index contributed by atoms with van der Waals surface area (Å²) in [6.07, 6.45) is 2.10. The van der Waals surface area contributed by atoms with E-state index >= 15 is 0 Å². The van der Waals surface area contributed by atoms with Gasteiger partial charge in [0.15, 0.2) is 11.6 Å². The fourth-order valence-electron chi connectivity index (χ4n) is 5.30. The van der Waals surface area contributed by atoms with Crippen LogP contribution < -0.4 is 10.2 Å². The van der Waals surface area contributed by atoms with Gasteiger partial charge in [-0.3, -0.25) is 14.5 Å². The van der Waals surface area contributed by atoms with Gasteiger partial charge in [-0.2, -0.15) is 10.00 Å². The van der Waals surface area contributed by atoms with Gasteiger partial charge in [0.25, 0.3) is 0 Å². The summed E-state index contributed by atoms with van der Waals surface area (Å²) in [6, 6.07) is 9.60. The van der Waals surface area contributed by atoms with Crippen molar-refractivity contribution in [3.8, 4) is 11.1 Å². The molecule has 0 aliphatic carbocycles. The summed E-state index contributed by atoms with van der Waals surface area (Å²) in [7, 11) is 0. The van der Waals surface area contributed by atoms with Crippen molar-refractivity contribution in [2.45, 2.75) is 92.5 Å². The van der Waals surface area contributed by atoms with Crippen molar-refractivity contribution in [3.63, 3.8) is 0 Å². The Kier molecular flexibility index (Phi) is 8.94. The molecular weight excluding hydrogens is 600 g/mol. The first-order valence-corrected chi connectivity index (χ1v) is 15.6. The molecule has 1 N–H and O–H groups in total. The van der Waals surface area contributed by atoms with E-state index in [1.807, 2.05) is 56.0 Å². The summed E-state index contributed by atoms with van der Waals surface area (Å²) in [6.45, 7) is 17.0. The van der Waals surface area contributed by atoms with E-state index in [9.17, 15) is 14.4 Å². The Morgan fingerprint density at radius 1 is 0.936 bits per heavy atom. The van der Waals surface area contributed by atoms with Crippen molar-refractivity contribution < 1.29 is 23.9 Å². The number of aromatic nitrogens is 5. The largest absolute Gasteiger partial charge is 0.443 e. The van der Waals surface area contributed by atoms with Gasteiger partial charge < -0.3 is 19.7 Å². The van der Waals surface area contributed by atoms with Crippen molar-refractivity contribution in [1.29, 1.82) is 0 Å². The van der Waals surface area contributed by atoms with E-state index in [0.29, 0.717) is 41.2 Å². The van der Waals surface area contributed by atoms with Crippen molar-refractivity contribution in [3.05, 3.63) is 54.0 Å². The minimum Gasteiger partial charge on any atom is -0.443 e. The first-order chi connectivity index (χ1) is 22.0. The molecule has 0 saturated heterocycles. The maximum absolute atomic E-state index is 13.3. The summed E-state index contributed by atoms with van der Waals surface area (Å²) in [4.78, 5) is 46.5. The second kappa shape index (κ2) is 12.6. The molecule has 1 aliphatic rings. The number of ether oxygens (including phenoxy) is 2. The Morgan fingerprint density at radius 3 is 2.26 bits per heavy atom. The lowest BCUT2D eigenvalue weighted by molar-refractivity contribution is -0.133. The molecule has 0 radical (unpaired) electrons. The maximum Gasteiger partial charge on any atom is 0.424 e. The lowest BCUT2D eigenvalue weighted by atomic mass is 10.00. The molecule has 0 bridgehead atoms. The smallest absolute Gasteiger partial charge is 0.424 e. The molecule has 47 heavy (non-hydrogen) atoms. The van der Waals surface area contributed by atoms with Crippen LogP contribution in [0.4, 0.5) is 26.9 Å². The molecule has 0 spiro atoms. The first kappa shape index (κ1) is 33.3. The van der Waals surface area contributed by atoms with Crippen LogP contribution in [0.2, 0.25) is 0 Å². The third kappa shape index (κ3) is 7.67. The average Bonchev–Trinajstić information content (AvgIpc) is 3.24. The SMILES string of the molecule is Cc1c(-c2ccc3nnc(Nc4cc5n(n4)CC(=O)N(C(C)C)CC5)cc3c2)cncc1N(C(=O)OC(C)(C)C)C(=O)OC(C)(C)C. The highest BCUT2D eigenvalue weighted by molar-refractivity contribution is 6.10. The third-order valence-electron chi connectivity index (χ3n) is 7.43. The summed E-state index contributed by atoms with van der Waals surface area (Å²) < 4.78 is 12.9. The molecule has 0 unspecified atom stereocenters. The minimum atomic E-state index is -0.864. The number of imide groups is 1. The van der Waals surface area contributed by atoms with Crippen LogP contribution >= 0.6 is 0 Å². The summed E-state index contributed by atoms with van der Waals surface area (Å²) >= 11 is 0. The molecule has 5 rings (SSSR count). The van der Waals surface area contributed by atoms with Crippen LogP contribution in [0.3, 0.4) is 0 Å². The predicted molar refractivity (Wildman–Crippen MR) is 179 cm³/mol. The van der Waals surface area contributed by atoms with E-state index in [-0.39, 0.29) is 24.2 Å². The van der Waals surface area contributed by atoms with Crippen LogP contribution in [-0.2, 0) is 27.2 Å². The van der Waals surface area contributed by atoms with Crippen LogP contribution in [-0.4, -0.2) is 71.7 Å². The molecule has 0 atom stereocenters. The molecule has 3 aromatic heterocycles. The number of carbonyl (C=O) groups is 3. The van der Waals surface area contributed by atoms with Gasteiger partial charge in [-0.1, -0.05) is 6.07 Å². The fraction of sp³-hybridized carbons (Fsp3) is 0.441. The van der Waals surface area contributed by atoms with Crippen LogP contribution in [0.1, 0.15) is 66.6 Å². The number of pyridine rings is 1. The molecular formula is C34H42N8O5. The number of hydrogen-bond donors (Lipinski definition) is 1. The van der Waals surface area contributed by atoms with E-state index in [0.717, 1.165) is 21.5 Å². The van der Waals surface area contributed by atoms with Gasteiger partial charge in [0.2, 0.25) is 5.91 Å². The Morgan fingerprint density at radius 2 is 1.62 bits per heavy atom. The first-order valence-electron chi connectivity index (χ1n) is 15.6. The molecule has 0 saturated carbocycles. The van der Waals surface area contributed by atoms with Crippen molar-refractivity contribution >= 4 is 46.3 Å². The van der Waals surface area contributed by atoms with Gasteiger partial charge in [0.1, 0.15) is 17.7 Å². The number of nitrogens with zero attached hydrogens (tertiary/aromatic N) is 7. The number of rotatable bonds is 5. The van der Waals surface area contributed by atoms with Gasteiger partial charge in [-0.25, -0.2) is 9.59 Å². The number of nitrogens with one attached hydrogen (secondary N) is 1. The van der Waals surface area contributed by atoms with Gasteiger partial charge in [-0.05, 0) is 91.6 Å². The summed E-state index contributed by atoms with van der Waals surface area (Å²) in [5, 5.41) is 17.3. The van der Waals surface area contributed by atoms with E-state index in [1.165, 1.54) is 6.20 Å². The number of carbonyl (C=O) groups excluding carboxylic acids is 3. The molecule has 4 aromatic rings. The monoisotopic (exact) mass is 642 g/mol. The lowest BCUT2D eigenvalue weighted by Crippen LogP contribution is -2.44. The van der Waals surface area contributed by atoms with Gasteiger partial charge >= 0.3 is 12.2 Å². The standard InChI is InChI=1S/C34H42N8O5/c1-20(2)40-13-12-24-16-29(39-41(24)19-30(40)43)36-28-15-23-14-22(10-11-26(23)37-38-28)25-17-35-18-27(21(25)3)42(31(44)46-33(4,5)6)32(45)47-34(7,8)9/h10-11,14-18,20H,12-13,19H2,1-9H3,(H,36,38,39). The quantitative estimate of drug-likeness (QED) is 0.259. The summed E-state index contributed by atoms with van der Waals surface area (Å²) in [5.41, 5.74) is 2.31. The molecule has 4 heterocycles. The predicted octanol–water partition coefficient (Wildman–Crippen LogP) is 6.41. The van der Waals surface area contributed by atoms with Gasteiger partial charge in [0.05, 0.1) is 17.4 Å². The Labute approximate surface area is 274 Å². The molecule has 13 nitrogen and oxygen atoms in total. The minimum absolute atomic E-state index is 0.0422. The van der Waals surface area contributed by atoms with E-state index in [4.69, 9.17) is 9.47 Å². The molecule has 3 amide bonds.